The molecule has 3 N–H and O–H groups in total. The predicted octanol–water partition coefficient (Wildman–Crippen LogP) is 21.1. The standard InChI is InChI=1S/C68H129NO5/c1-3-5-7-9-11-13-15-17-19-21-25-30-34-38-42-46-50-54-58-62-68(73)74-63-59-55-51-47-43-39-35-31-27-24-23-26-29-33-37-41-45-49-53-57-61-67(72)69-65(64-70)66(71)60-56-52-48-44-40-36-32-28-22-20-18-16-14-12-10-8-6-4-2/h11,13,17,19,56,60,65-66,70-71H,3-10,12,14-16,18,20-55,57-59,61-64H2,1-2H3,(H,69,72)/b13-11-,19-17-,60-56+. The highest BCUT2D eigenvalue weighted by atomic mass is 16.5. The second-order valence-electron chi connectivity index (χ2n) is 22.8. The SMILES string of the molecule is CCCCC/C=C\C/C=C\CCCCCCCCCCCC(=O)OCCCCCCCCCCCCCCCCCCCCCCC(=O)NC(CO)C(O)/C=C/CCCCCCCCCCCCCCCCCC. The highest BCUT2D eigenvalue weighted by Crippen LogP contribution is 2.18. The molecule has 0 aromatic rings. The summed E-state index contributed by atoms with van der Waals surface area (Å²) in [7, 11) is 0. The summed E-state index contributed by atoms with van der Waals surface area (Å²) in [6, 6.07) is -0.630. The number of carbonyl (C=O) groups is 2. The maximum absolute atomic E-state index is 12.5. The van der Waals surface area contributed by atoms with E-state index in [1.165, 1.54) is 283 Å². The first-order valence-electron chi connectivity index (χ1n) is 33.3. The van der Waals surface area contributed by atoms with Gasteiger partial charge in [0.2, 0.25) is 5.91 Å². The van der Waals surface area contributed by atoms with Crippen molar-refractivity contribution in [3.8, 4) is 0 Å². The Balaban J connectivity index is 3.41. The molecule has 0 aliphatic rings. The van der Waals surface area contributed by atoms with Crippen molar-refractivity contribution in [2.45, 2.75) is 373 Å². The van der Waals surface area contributed by atoms with E-state index in [2.05, 4.69) is 43.5 Å². The van der Waals surface area contributed by atoms with Gasteiger partial charge in [0.1, 0.15) is 0 Å². The van der Waals surface area contributed by atoms with Crippen LogP contribution in [0.3, 0.4) is 0 Å². The third kappa shape index (κ3) is 59.3. The Morgan fingerprint density at radius 1 is 0.378 bits per heavy atom. The number of carbonyl (C=O) groups excluding carboxylic acids is 2. The number of hydrogen-bond donors (Lipinski definition) is 3. The third-order valence-electron chi connectivity index (χ3n) is 15.4. The molecule has 6 nitrogen and oxygen atoms in total. The van der Waals surface area contributed by atoms with Crippen LogP contribution in [0, 0.1) is 0 Å². The molecular weight excluding hydrogens is 911 g/mol. The molecule has 0 rings (SSSR count). The van der Waals surface area contributed by atoms with Crippen LogP contribution in [0.5, 0.6) is 0 Å². The van der Waals surface area contributed by atoms with Crippen LogP contribution in [0.15, 0.2) is 36.5 Å². The van der Waals surface area contributed by atoms with Crippen molar-refractivity contribution in [3.63, 3.8) is 0 Å². The van der Waals surface area contributed by atoms with Crippen molar-refractivity contribution in [2.24, 2.45) is 0 Å². The number of hydrogen-bond acceptors (Lipinski definition) is 5. The van der Waals surface area contributed by atoms with Gasteiger partial charge >= 0.3 is 5.97 Å². The first kappa shape index (κ1) is 72.1. The minimum atomic E-state index is -0.847. The Hall–Kier alpha value is -1.92. The Labute approximate surface area is 462 Å². The van der Waals surface area contributed by atoms with Gasteiger partial charge in [-0.1, -0.05) is 320 Å². The summed E-state index contributed by atoms with van der Waals surface area (Å²) in [5.74, 6) is -0.0607. The highest BCUT2D eigenvalue weighted by molar-refractivity contribution is 5.76. The molecule has 0 fully saturated rings. The van der Waals surface area contributed by atoms with Crippen LogP contribution >= 0.6 is 0 Å². The largest absolute Gasteiger partial charge is 0.466 e. The number of allylic oxidation sites excluding steroid dienone is 5. The molecule has 1 amide bonds. The van der Waals surface area contributed by atoms with E-state index in [1.54, 1.807) is 6.08 Å². The molecule has 436 valence electrons. The van der Waals surface area contributed by atoms with E-state index in [0.29, 0.717) is 19.4 Å². The predicted molar refractivity (Wildman–Crippen MR) is 324 cm³/mol. The Bertz CT molecular complexity index is 1200. The fraction of sp³-hybridized carbons (Fsp3) is 0.882. The quantitative estimate of drug-likeness (QED) is 0.0320. The second-order valence-corrected chi connectivity index (χ2v) is 22.8. The highest BCUT2D eigenvalue weighted by Gasteiger charge is 2.18. The summed E-state index contributed by atoms with van der Waals surface area (Å²) in [6.07, 6.45) is 80.5. The monoisotopic (exact) mass is 1040 g/mol. The van der Waals surface area contributed by atoms with Crippen molar-refractivity contribution < 1.29 is 24.5 Å². The molecule has 0 aliphatic heterocycles. The van der Waals surface area contributed by atoms with E-state index in [0.717, 1.165) is 51.4 Å². The number of unbranched alkanes of at least 4 members (excludes halogenated alkanes) is 47. The van der Waals surface area contributed by atoms with Crippen molar-refractivity contribution in [1.82, 2.24) is 5.32 Å². The molecule has 6 heteroatoms. The molecule has 2 atom stereocenters. The molecule has 2 unspecified atom stereocenters. The van der Waals surface area contributed by atoms with Crippen molar-refractivity contribution in [1.29, 1.82) is 0 Å². The molecular formula is C68H129NO5. The smallest absolute Gasteiger partial charge is 0.305 e. The van der Waals surface area contributed by atoms with Gasteiger partial charge in [-0.3, -0.25) is 9.59 Å². The number of aliphatic hydroxyl groups is 2. The number of amides is 1. The average molecular weight is 1040 g/mol. The summed E-state index contributed by atoms with van der Waals surface area (Å²) in [5, 5.41) is 23.2. The summed E-state index contributed by atoms with van der Waals surface area (Å²) in [6.45, 7) is 4.90. The van der Waals surface area contributed by atoms with Gasteiger partial charge in [-0.25, -0.2) is 0 Å². The first-order chi connectivity index (χ1) is 36.5. The topological polar surface area (TPSA) is 95.9 Å². The Morgan fingerprint density at radius 2 is 0.676 bits per heavy atom. The van der Waals surface area contributed by atoms with Crippen molar-refractivity contribution in [3.05, 3.63) is 36.5 Å². The molecule has 0 spiro atoms. The van der Waals surface area contributed by atoms with Crippen LogP contribution in [0.2, 0.25) is 0 Å². The van der Waals surface area contributed by atoms with Crippen LogP contribution in [0.1, 0.15) is 361 Å². The van der Waals surface area contributed by atoms with Crippen LogP contribution in [-0.4, -0.2) is 47.4 Å². The maximum Gasteiger partial charge on any atom is 0.305 e. The lowest BCUT2D eigenvalue weighted by atomic mass is 10.0. The minimum absolute atomic E-state index is 0.00659. The van der Waals surface area contributed by atoms with E-state index in [4.69, 9.17) is 4.74 Å². The molecule has 0 aromatic carbocycles. The molecule has 74 heavy (non-hydrogen) atoms. The molecule has 0 saturated heterocycles. The molecule has 0 radical (unpaired) electrons. The Kier molecular flexibility index (Phi) is 62.0. The van der Waals surface area contributed by atoms with Crippen molar-refractivity contribution in [2.75, 3.05) is 13.2 Å². The Morgan fingerprint density at radius 3 is 1.05 bits per heavy atom. The zero-order chi connectivity index (χ0) is 53.6. The number of nitrogens with one attached hydrogen (secondary N) is 1. The normalized spacial score (nSPS) is 12.8. The summed E-state index contributed by atoms with van der Waals surface area (Å²) >= 11 is 0. The van der Waals surface area contributed by atoms with E-state index in [-0.39, 0.29) is 18.5 Å². The zero-order valence-corrected chi connectivity index (χ0v) is 49.8. The van der Waals surface area contributed by atoms with Gasteiger partial charge in [-0.2, -0.15) is 0 Å². The molecule has 0 aliphatic carbocycles. The van der Waals surface area contributed by atoms with E-state index in [1.807, 2.05) is 6.08 Å². The lowest BCUT2D eigenvalue weighted by Crippen LogP contribution is -2.45. The fourth-order valence-electron chi connectivity index (χ4n) is 10.3. The van der Waals surface area contributed by atoms with Crippen LogP contribution in [-0.2, 0) is 14.3 Å². The van der Waals surface area contributed by atoms with Gasteiger partial charge in [0.05, 0.1) is 25.4 Å². The summed E-state index contributed by atoms with van der Waals surface area (Å²) in [4.78, 5) is 24.6. The molecule has 0 bridgehead atoms. The van der Waals surface area contributed by atoms with Gasteiger partial charge in [-0.05, 0) is 64.2 Å². The van der Waals surface area contributed by atoms with Crippen LogP contribution in [0.25, 0.3) is 0 Å². The van der Waals surface area contributed by atoms with Crippen molar-refractivity contribution >= 4 is 11.9 Å². The number of ether oxygens (including phenoxy) is 1. The van der Waals surface area contributed by atoms with Gasteiger partial charge in [0.25, 0.3) is 0 Å². The molecule has 0 heterocycles. The number of rotatable bonds is 62. The van der Waals surface area contributed by atoms with Crippen LogP contribution in [0.4, 0.5) is 0 Å². The van der Waals surface area contributed by atoms with E-state index >= 15 is 0 Å². The summed E-state index contributed by atoms with van der Waals surface area (Å²) < 4.78 is 5.50. The van der Waals surface area contributed by atoms with Gasteiger partial charge in [-0.15, -0.1) is 0 Å². The van der Waals surface area contributed by atoms with Gasteiger partial charge < -0.3 is 20.3 Å². The lowest BCUT2D eigenvalue weighted by Gasteiger charge is -2.20. The van der Waals surface area contributed by atoms with E-state index < -0.39 is 12.1 Å². The van der Waals surface area contributed by atoms with Gasteiger partial charge in [0.15, 0.2) is 0 Å². The number of esters is 1. The minimum Gasteiger partial charge on any atom is -0.466 e. The third-order valence-corrected chi connectivity index (χ3v) is 15.4. The number of aliphatic hydroxyl groups excluding tert-OH is 2. The van der Waals surface area contributed by atoms with Crippen LogP contribution < -0.4 is 5.32 Å². The summed E-state index contributed by atoms with van der Waals surface area (Å²) in [5.41, 5.74) is 0. The average Bonchev–Trinajstić information content (AvgIpc) is 3.40. The lowest BCUT2D eigenvalue weighted by molar-refractivity contribution is -0.143. The molecule has 0 aromatic heterocycles. The fourth-order valence-corrected chi connectivity index (χ4v) is 10.3. The zero-order valence-electron chi connectivity index (χ0n) is 49.8. The second kappa shape index (κ2) is 63.6. The van der Waals surface area contributed by atoms with E-state index in [9.17, 15) is 19.8 Å². The van der Waals surface area contributed by atoms with Gasteiger partial charge in [0, 0.05) is 12.8 Å². The molecule has 0 saturated carbocycles. The maximum atomic E-state index is 12.5. The first-order valence-corrected chi connectivity index (χ1v) is 33.3.